The molecule has 3 heterocycles. The number of aromatic nitrogens is 1. The van der Waals surface area contributed by atoms with E-state index in [-0.39, 0.29) is 11.7 Å². The fourth-order valence-electron chi connectivity index (χ4n) is 6.24. The molecule has 0 radical (unpaired) electrons. The molecule has 7 nitrogen and oxygen atoms in total. The zero-order valence-corrected chi connectivity index (χ0v) is 24.4. The summed E-state index contributed by atoms with van der Waals surface area (Å²) in [5.41, 5.74) is 3.95. The van der Waals surface area contributed by atoms with Gasteiger partial charge in [-0.05, 0) is 61.7 Å². The lowest BCUT2D eigenvalue weighted by molar-refractivity contribution is -0.126. The zero-order chi connectivity index (χ0) is 29.1. The van der Waals surface area contributed by atoms with Crippen LogP contribution >= 0.6 is 0 Å². The van der Waals surface area contributed by atoms with Gasteiger partial charge >= 0.3 is 0 Å². The second kappa shape index (κ2) is 12.5. The molecule has 1 amide bonds. The van der Waals surface area contributed by atoms with E-state index in [4.69, 9.17) is 9.47 Å². The molecule has 4 aromatic rings. The SMILES string of the molecule is CCOc1cccc2c(C(=O)NCc3ccccc3C)cn(CCCN3CC4[C@H]3CN4CCOc3ccc(F)cc3)c12. The van der Waals surface area contributed by atoms with Gasteiger partial charge < -0.3 is 19.4 Å². The first-order valence-corrected chi connectivity index (χ1v) is 15.0. The van der Waals surface area contributed by atoms with Crippen LogP contribution in [0, 0.1) is 12.7 Å². The molecule has 2 fully saturated rings. The van der Waals surface area contributed by atoms with Crippen molar-refractivity contribution in [3.63, 3.8) is 0 Å². The number of para-hydroxylation sites is 1. The average Bonchev–Trinajstić information content (AvgIpc) is 3.36. The number of carbonyl (C=O) groups is 1. The van der Waals surface area contributed by atoms with E-state index in [9.17, 15) is 9.18 Å². The van der Waals surface area contributed by atoms with E-state index in [2.05, 4.69) is 38.7 Å². The maximum absolute atomic E-state index is 13.3. The number of amides is 1. The number of carbonyl (C=O) groups excluding carboxylic acids is 1. The molecule has 2 aliphatic rings. The number of aryl methyl sites for hydroxylation is 2. The summed E-state index contributed by atoms with van der Waals surface area (Å²) in [4.78, 5) is 18.4. The van der Waals surface area contributed by atoms with Gasteiger partial charge in [0, 0.05) is 62.9 Å². The number of rotatable bonds is 13. The number of benzene rings is 3. The minimum Gasteiger partial charge on any atom is -0.492 e. The molecule has 220 valence electrons. The number of fused-ring (bicyclic) bond motifs is 2. The van der Waals surface area contributed by atoms with E-state index in [0.29, 0.717) is 43.2 Å². The summed E-state index contributed by atoms with van der Waals surface area (Å²) in [6, 6.07) is 21.5. The number of nitrogens with one attached hydrogen (secondary N) is 1. The third-order valence-electron chi connectivity index (χ3n) is 8.64. The van der Waals surface area contributed by atoms with Gasteiger partial charge in [-0.1, -0.05) is 36.4 Å². The Labute approximate surface area is 246 Å². The van der Waals surface area contributed by atoms with Crippen molar-refractivity contribution >= 4 is 16.8 Å². The molecule has 1 unspecified atom stereocenters. The highest BCUT2D eigenvalue weighted by Gasteiger charge is 2.50. The molecule has 42 heavy (non-hydrogen) atoms. The molecule has 2 saturated heterocycles. The molecule has 6 rings (SSSR count). The quantitative estimate of drug-likeness (QED) is 0.238. The van der Waals surface area contributed by atoms with E-state index < -0.39 is 0 Å². The Bertz CT molecular complexity index is 1540. The molecule has 1 aromatic heterocycles. The van der Waals surface area contributed by atoms with Crippen LogP contribution in [0.1, 0.15) is 34.8 Å². The lowest BCUT2D eigenvalue weighted by Gasteiger charge is -2.62. The van der Waals surface area contributed by atoms with Crippen LogP contribution in [-0.4, -0.2) is 71.8 Å². The lowest BCUT2D eigenvalue weighted by Crippen LogP contribution is -2.78. The summed E-state index contributed by atoms with van der Waals surface area (Å²) in [5.74, 6) is 1.20. The van der Waals surface area contributed by atoms with Crippen molar-refractivity contribution in [2.75, 3.05) is 39.4 Å². The standard InChI is InChI=1S/C34H39FN4O3/c1-3-41-32-11-6-10-28-29(34(40)36-20-25-9-5-4-8-24(25)2)21-39(33(28)32)17-7-16-37-22-31-30(37)23-38(31)18-19-42-27-14-12-26(35)13-15-27/h4-6,8-15,21,30-31H,3,7,16-20,22-23H2,1-2H3,(H,36,40)/t30-,31?/m1/s1. The van der Waals surface area contributed by atoms with Crippen LogP contribution in [0.2, 0.25) is 0 Å². The second-order valence-corrected chi connectivity index (χ2v) is 11.2. The van der Waals surface area contributed by atoms with E-state index >= 15 is 0 Å². The van der Waals surface area contributed by atoms with Crippen LogP contribution in [0.25, 0.3) is 10.9 Å². The molecular weight excluding hydrogens is 531 g/mol. The lowest BCUT2D eigenvalue weighted by atomic mass is 9.85. The van der Waals surface area contributed by atoms with E-state index in [1.54, 1.807) is 12.1 Å². The number of likely N-dealkylation sites (tertiary alicyclic amines) is 2. The van der Waals surface area contributed by atoms with Crippen LogP contribution in [0.3, 0.4) is 0 Å². The Morgan fingerprint density at radius 3 is 2.43 bits per heavy atom. The Kier molecular flexibility index (Phi) is 8.44. The minimum absolute atomic E-state index is 0.0702. The van der Waals surface area contributed by atoms with Crippen molar-refractivity contribution < 1.29 is 18.7 Å². The van der Waals surface area contributed by atoms with Gasteiger partial charge in [0.2, 0.25) is 0 Å². The van der Waals surface area contributed by atoms with Crippen LogP contribution in [0.4, 0.5) is 4.39 Å². The van der Waals surface area contributed by atoms with Crippen molar-refractivity contribution in [2.24, 2.45) is 0 Å². The van der Waals surface area contributed by atoms with Gasteiger partial charge in [-0.15, -0.1) is 0 Å². The predicted octanol–water partition coefficient (Wildman–Crippen LogP) is 5.26. The molecular formula is C34H39FN4O3. The summed E-state index contributed by atoms with van der Waals surface area (Å²) in [7, 11) is 0. The van der Waals surface area contributed by atoms with Crippen molar-refractivity contribution in [1.29, 1.82) is 0 Å². The summed E-state index contributed by atoms with van der Waals surface area (Å²) in [6.07, 6.45) is 2.98. The highest BCUT2D eigenvalue weighted by molar-refractivity contribution is 6.08. The Hall–Kier alpha value is -3.88. The van der Waals surface area contributed by atoms with Gasteiger partial charge in [-0.25, -0.2) is 4.39 Å². The van der Waals surface area contributed by atoms with Gasteiger partial charge in [0.1, 0.15) is 23.9 Å². The van der Waals surface area contributed by atoms with Crippen LogP contribution in [-0.2, 0) is 13.1 Å². The molecule has 0 bridgehead atoms. The van der Waals surface area contributed by atoms with Crippen molar-refractivity contribution in [2.45, 2.75) is 45.4 Å². The van der Waals surface area contributed by atoms with Crippen LogP contribution in [0.5, 0.6) is 11.5 Å². The third-order valence-corrected chi connectivity index (χ3v) is 8.64. The molecule has 3 aromatic carbocycles. The molecule has 0 spiro atoms. The van der Waals surface area contributed by atoms with Gasteiger partial charge in [-0.2, -0.15) is 0 Å². The fourth-order valence-corrected chi connectivity index (χ4v) is 6.24. The molecule has 2 atom stereocenters. The van der Waals surface area contributed by atoms with Crippen molar-refractivity contribution in [3.05, 3.63) is 95.4 Å². The van der Waals surface area contributed by atoms with E-state index in [1.807, 2.05) is 43.5 Å². The largest absolute Gasteiger partial charge is 0.492 e. The van der Waals surface area contributed by atoms with Crippen LogP contribution in [0.15, 0.2) is 72.9 Å². The summed E-state index contributed by atoms with van der Waals surface area (Å²) < 4.78 is 27.0. The zero-order valence-electron chi connectivity index (χ0n) is 24.4. The predicted molar refractivity (Wildman–Crippen MR) is 163 cm³/mol. The van der Waals surface area contributed by atoms with Gasteiger partial charge in [0.15, 0.2) is 0 Å². The van der Waals surface area contributed by atoms with Gasteiger partial charge in [-0.3, -0.25) is 14.6 Å². The summed E-state index contributed by atoms with van der Waals surface area (Å²) in [6.45, 7) is 10.6. The Balaban J connectivity index is 1.03. The number of hydrogen-bond donors (Lipinski definition) is 1. The average molecular weight is 571 g/mol. The summed E-state index contributed by atoms with van der Waals surface area (Å²) in [5, 5.41) is 4.05. The van der Waals surface area contributed by atoms with Crippen molar-refractivity contribution in [1.82, 2.24) is 19.7 Å². The number of piperazine rings is 1. The maximum atomic E-state index is 13.3. The Morgan fingerprint density at radius 2 is 1.69 bits per heavy atom. The van der Waals surface area contributed by atoms with Gasteiger partial charge in [0.25, 0.3) is 5.91 Å². The smallest absolute Gasteiger partial charge is 0.253 e. The fraction of sp³-hybridized carbons (Fsp3) is 0.382. The molecule has 1 N–H and O–H groups in total. The first kappa shape index (κ1) is 28.2. The molecule has 0 aliphatic carbocycles. The number of nitrogens with zero attached hydrogens (tertiary/aromatic N) is 3. The first-order chi connectivity index (χ1) is 20.5. The highest BCUT2D eigenvalue weighted by atomic mass is 19.1. The number of hydrogen-bond acceptors (Lipinski definition) is 5. The maximum Gasteiger partial charge on any atom is 0.253 e. The molecule has 2 aliphatic heterocycles. The molecule has 0 saturated carbocycles. The van der Waals surface area contributed by atoms with Crippen molar-refractivity contribution in [3.8, 4) is 11.5 Å². The topological polar surface area (TPSA) is 59.0 Å². The Morgan fingerprint density at radius 1 is 0.929 bits per heavy atom. The number of ether oxygens (including phenoxy) is 2. The monoisotopic (exact) mass is 570 g/mol. The minimum atomic E-state index is -0.248. The molecule has 8 heteroatoms. The highest BCUT2D eigenvalue weighted by Crippen LogP contribution is 2.34. The third kappa shape index (κ3) is 5.87. The first-order valence-electron chi connectivity index (χ1n) is 15.0. The second-order valence-electron chi connectivity index (χ2n) is 11.2. The summed E-state index contributed by atoms with van der Waals surface area (Å²) >= 11 is 0. The number of halogens is 1. The van der Waals surface area contributed by atoms with Crippen LogP contribution < -0.4 is 14.8 Å². The normalized spacial score (nSPS) is 18.3. The van der Waals surface area contributed by atoms with E-state index in [1.165, 1.54) is 17.7 Å². The van der Waals surface area contributed by atoms with Gasteiger partial charge in [0.05, 0.1) is 17.7 Å². The van der Waals surface area contributed by atoms with E-state index in [0.717, 1.165) is 61.4 Å².